The molecule has 0 aliphatic heterocycles. The van der Waals surface area contributed by atoms with Crippen molar-refractivity contribution in [2.75, 3.05) is 0 Å². The summed E-state index contributed by atoms with van der Waals surface area (Å²) < 4.78 is 1.90. The molecule has 2 N–H and O–H groups in total. The molecule has 0 bridgehead atoms. The molecule has 0 spiro atoms. The molecule has 0 aliphatic carbocycles. The predicted molar refractivity (Wildman–Crippen MR) is 70.0 cm³/mol. The highest BCUT2D eigenvalue weighted by Crippen LogP contribution is 2.15. The van der Waals surface area contributed by atoms with Gasteiger partial charge in [0.05, 0.1) is 11.7 Å². The second kappa shape index (κ2) is 5.27. The molecule has 2 heterocycles. The molecule has 2 aromatic heterocycles. The summed E-state index contributed by atoms with van der Waals surface area (Å²) in [7, 11) is 0. The number of aromatic nitrogens is 4. The average Bonchev–Trinajstić information content (AvgIpc) is 2.77. The quantitative estimate of drug-likeness (QED) is 0.891. The highest BCUT2D eigenvalue weighted by atomic mass is 15.3. The van der Waals surface area contributed by atoms with E-state index >= 15 is 0 Å². The molecule has 0 aliphatic rings. The van der Waals surface area contributed by atoms with Crippen LogP contribution in [-0.4, -0.2) is 19.7 Å². The molecule has 0 aromatic carbocycles. The van der Waals surface area contributed by atoms with Gasteiger partial charge in [-0.25, -0.2) is 9.67 Å². The Morgan fingerprint density at radius 1 is 1.33 bits per heavy atom. The standard InChI is InChI=1S/C13H19N5/c1-9(2)18-13(15-8-16-18)7-11(14)12-6-4-5-10(3)17-12/h4-6,8-9,11H,7,14H2,1-3H3. The number of rotatable bonds is 4. The van der Waals surface area contributed by atoms with Crippen molar-refractivity contribution in [2.24, 2.45) is 5.73 Å². The molecule has 5 heteroatoms. The van der Waals surface area contributed by atoms with Crippen molar-refractivity contribution in [2.45, 2.75) is 39.3 Å². The molecule has 18 heavy (non-hydrogen) atoms. The van der Waals surface area contributed by atoms with Crippen molar-refractivity contribution in [1.29, 1.82) is 0 Å². The van der Waals surface area contributed by atoms with Gasteiger partial charge in [-0.05, 0) is 32.9 Å². The maximum atomic E-state index is 6.18. The Morgan fingerprint density at radius 3 is 2.78 bits per heavy atom. The Labute approximate surface area is 107 Å². The molecular formula is C13H19N5. The molecular weight excluding hydrogens is 226 g/mol. The van der Waals surface area contributed by atoms with E-state index in [0.717, 1.165) is 17.2 Å². The minimum atomic E-state index is -0.147. The first-order valence-corrected chi connectivity index (χ1v) is 6.15. The summed E-state index contributed by atoms with van der Waals surface area (Å²) in [5.41, 5.74) is 8.06. The maximum Gasteiger partial charge on any atom is 0.138 e. The number of pyridine rings is 1. The van der Waals surface area contributed by atoms with E-state index in [9.17, 15) is 0 Å². The van der Waals surface area contributed by atoms with E-state index in [1.807, 2.05) is 29.8 Å². The van der Waals surface area contributed by atoms with Crippen molar-refractivity contribution < 1.29 is 0 Å². The maximum absolute atomic E-state index is 6.18. The lowest BCUT2D eigenvalue weighted by Crippen LogP contribution is -2.19. The summed E-state index contributed by atoms with van der Waals surface area (Å²) in [6.45, 7) is 6.12. The number of hydrogen-bond acceptors (Lipinski definition) is 4. The van der Waals surface area contributed by atoms with Crippen LogP contribution in [0.15, 0.2) is 24.5 Å². The van der Waals surface area contributed by atoms with Crippen LogP contribution in [0.3, 0.4) is 0 Å². The van der Waals surface area contributed by atoms with E-state index in [4.69, 9.17) is 5.73 Å². The lowest BCUT2D eigenvalue weighted by molar-refractivity contribution is 0.491. The van der Waals surface area contributed by atoms with Gasteiger partial charge >= 0.3 is 0 Å². The third-order valence-corrected chi connectivity index (χ3v) is 2.83. The number of hydrogen-bond donors (Lipinski definition) is 1. The Bertz CT molecular complexity index is 518. The normalized spacial score (nSPS) is 12.9. The van der Waals surface area contributed by atoms with E-state index in [-0.39, 0.29) is 6.04 Å². The Hall–Kier alpha value is -1.75. The molecule has 0 saturated heterocycles. The Balaban J connectivity index is 2.16. The van der Waals surface area contributed by atoms with Gasteiger partial charge in [0.25, 0.3) is 0 Å². The van der Waals surface area contributed by atoms with Crippen LogP contribution < -0.4 is 5.73 Å². The van der Waals surface area contributed by atoms with Gasteiger partial charge in [-0.3, -0.25) is 4.98 Å². The highest BCUT2D eigenvalue weighted by Gasteiger charge is 2.14. The summed E-state index contributed by atoms with van der Waals surface area (Å²) in [5, 5.41) is 4.21. The van der Waals surface area contributed by atoms with Gasteiger partial charge in [-0.2, -0.15) is 5.10 Å². The second-order valence-corrected chi connectivity index (χ2v) is 4.73. The highest BCUT2D eigenvalue weighted by molar-refractivity contribution is 5.14. The predicted octanol–water partition coefficient (Wildman–Crippen LogP) is 1.80. The molecule has 0 fully saturated rings. The molecule has 2 aromatic rings. The fourth-order valence-corrected chi connectivity index (χ4v) is 1.92. The van der Waals surface area contributed by atoms with Crippen LogP contribution in [-0.2, 0) is 6.42 Å². The molecule has 1 unspecified atom stereocenters. The fraction of sp³-hybridized carbons (Fsp3) is 0.462. The number of nitrogens with two attached hydrogens (primary N) is 1. The van der Waals surface area contributed by atoms with Crippen LogP contribution in [0.5, 0.6) is 0 Å². The van der Waals surface area contributed by atoms with E-state index < -0.39 is 0 Å². The van der Waals surface area contributed by atoms with Crippen LogP contribution in [0.1, 0.15) is 43.1 Å². The second-order valence-electron chi connectivity index (χ2n) is 4.73. The summed E-state index contributed by atoms with van der Waals surface area (Å²) >= 11 is 0. The van der Waals surface area contributed by atoms with Crippen molar-refractivity contribution in [3.05, 3.63) is 41.7 Å². The molecule has 5 nitrogen and oxygen atoms in total. The smallest absolute Gasteiger partial charge is 0.138 e. The van der Waals surface area contributed by atoms with Gasteiger partial charge < -0.3 is 5.73 Å². The third-order valence-electron chi connectivity index (χ3n) is 2.83. The topological polar surface area (TPSA) is 69.6 Å². The monoisotopic (exact) mass is 245 g/mol. The average molecular weight is 245 g/mol. The van der Waals surface area contributed by atoms with Crippen LogP contribution in [0.2, 0.25) is 0 Å². The largest absolute Gasteiger partial charge is 0.322 e. The first-order chi connectivity index (χ1) is 8.58. The zero-order chi connectivity index (χ0) is 13.1. The van der Waals surface area contributed by atoms with Crippen molar-refractivity contribution in [3.63, 3.8) is 0 Å². The van der Waals surface area contributed by atoms with Gasteiger partial charge in [0.1, 0.15) is 12.2 Å². The zero-order valence-electron chi connectivity index (χ0n) is 11.0. The summed E-state index contributed by atoms with van der Waals surface area (Å²) in [6, 6.07) is 6.04. The molecule has 0 radical (unpaired) electrons. The van der Waals surface area contributed by atoms with E-state index in [1.54, 1.807) is 6.33 Å². The Kier molecular flexibility index (Phi) is 3.72. The van der Waals surface area contributed by atoms with Crippen LogP contribution in [0, 0.1) is 6.92 Å². The van der Waals surface area contributed by atoms with E-state index in [1.165, 1.54) is 0 Å². The lowest BCUT2D eigenvalue weighted by Gasteiger charge is -2.14. The van der Waals surface area contributed by atoms with E-state index in [0.29, 0.717) is 12.5 Å². The minimum Gasteiger partial charge on any atom is -0.322 e. The number of nitrogens with zero attached hydrogens (tertiary/aromatic N) is 4. The summed E-state index contributed by atoms with van der Waals surface area (Å²) in [4.78, 5) is 8.72. The number of aryl methyl sites for hydroxylation is 1. The first-order valence-electron chi connectivity index (χ1n) is 6.15. The lowest BCUT2D eigenvalue weighted by atomic mass is 10.1. The molecule has 96 valence electrons. The van der Waals surface area contributed by atoms with Crippen molar-refractivity contribution in [1.82, 2.24) is 19.7 Å². The van der Waals surface area contributed by atoms with Crippen molar-refractivity contribution in [3.8, 4) is 0 Å². The van der Waals surface area contributed by atoms with Crippen molar-refractivity contribution >= 4 is 0 Å². The molecule has 0 amide bonds. The van der Waals surface area contributed by atoms with Gasteiger partial charge in [0.15, 0.2) is 0 Å². The third kappa shape index (κ3) is 2.73. The minimum absolute atomic E-state index is 0.147. The van der Waals surface area contributed by atoms with Crippen LogP contribution in [0.4, 0.5) is 0 Å². The van der Waals surface area contributed by atoms with Gasteiger partial charge in [0, 0.05) is 18.2 Å². The molecule has 0 saturated carbocycles. The van der Waals surface area contributed by atoms with Gasteiger partial charge in [-0.1, -0.05) is 6.07 Å². The van der Waals surface area contributed by atoms with Crippen LogP contribution in [0.25, 0.3) is 0 Å². The van der Waals surface area contributed by atoms with E-state index in [2.05, 4.69) is 28.9 Å². The molecule has 1 atom stereocenters. The zero-order valence-corrected chi connectivity index (χ0v) is 11.0. The Morgan fingerprint density at radius 2 is 2.11 bits per heavy atom. The first kappa shape index (κ1) is 12.7. The summed E-state index contributed by atoms with van der Waals surface area (Å²) in [6.07, 6.45) is 2.22. The fourth-order valence-electron chi connectivity index (χ4n) is 1.92. The van der Waals surface area contributed by atoms with Gasteiger partial charge in [-0.15, -0.1) is 0 Å². The summed E-state index contributed by atoms with van der Waals surface area (Å²) in [5.74, 6) is 0.904. The van der Waals surface area contributed by atoms with Crippen LogP contribution >= 0.6 is 0 Å². The van der Waals surface area contributed by atoms with Gasteiger partial charge in [0.2, 0.25) is 0 Å². The molecule has 2 rings (SSSR count). The SMILES string of the molecule is Cc1cccc(C(N)Cc2ncnn2C(C)C)n1.